The van der Waals surface area contributed by atoms with Gasteiger partial charge in [-0.3, -0.25) is 28.9 Å². The highest BCUT2D eigenvalue weighted by molar-refractivity contribution is 8.26. The minimum atomic E-state index is -5.14. The number of hydrogen-bond acceptors (Lipinski definition) is 7. The number of aliphatic carboxylic acids is 1. The van der Waals surface area contributed by atoms with Crippen molar-refractivity contribution in [3.8, 4) is 11.3 Å². The normalized spacial score (nSPS) is 14.8. The SMILES string of the molecule is O=C(O)CNC(=O)CNC(=O)CN1C(=O)C(=Cc2[nH]c(-c3cc(C(F)(F)F)cc(C(F)(F)F)c3)cc(=O)c2Cl)SC1=S. The number of alkyl halides is 6. The highest BCUT2D eigenvalue weighted by atomic mass is 35.5. The minimum Gasteiger partial charge on any atom is -0.480 e. The highest BCUT2D eigenvalue weighted by Gasteiger charge is 2.37. The Morgan fingerprint density at radius 1 is 0.976 bits per heavy atom. The van der Waals surface area contributed by atoms with Crippen molar-refractivity contribution in [1.82, 2.24) is 20.5 Å². The second-order valence-electron chi connectivity index (χ2n) is 8.28. The van der Waals surface area contributed by atoms with E-state index in [-0.39, 0.29) is 21.0 Å². The third-order valence-electron chi connectivity index (χ3n) is 5.23. The fourth-order valence-corrected chi connectivity index (χ4v) is 4.70. The summed E-state index contributed by atoms with van der Waals surface area (Å²) in [5.74, 6) is -3.85. The number of halogens is 7. The molecule has 3 rings (SSSR count). The van der Waals surface area contributed by atoms with E-state index in [1.54, 1.807) is 0 Å². The lowest BCUT2D eigenvalue weighted by Gasteiger charge is -2.15. The number of amides is 3. The van der Waals surface area contributed by atoms with Gasteiger partial charge >= 0.3 is 18.3 Å². The Labute approximate surface area is 245 Å². The van der Waals surface area contributed by atoms with Crippen molar-refractivity contribution < 1.29 is 50.6 Å². The molecule has 4 N–H and O–H groups in total. The van der Waals surface area contributed by atoms with Crippen molar-refractivity contribution in [2.24, 2.45) is 0 Å². The largest absolute Gasteiger partial charge is 0.480 e. The molecule has 1 fully saturated rings. The summed E-state index contributed by atoms with van der Waals surface area (Å²) in [5, 5.41) is 12.1. The fraction of sp³-hybridized carbons (Fsp3) is 0.217. The van der Waals surface area contributed by atoms with Crippen molar-refractivity contribution in [1.29, 1.82) is 0 Å². The fourth-order valence-electron chi connectivity index (χ4n) is 3.31. The Kier molecular flexibility index (Phi) is 9.74. The molecule has 0 aliphatic carbocycles. The third kappa shape index (κ3) is 8.10. The molecule has 0 radical (unpaired) electrons. The van der Waals surface area contributed by atoms with Gasteiger partial charge in [-0.1, -0.05) is 35.6 Å². The summed E-state index contributed by atoms with van der Waals surface area (Å²) in [6.45, 7) is -1.95. The molecular formula is C23H15ClF6N4O6S2. The Bertz CT molecular complexity index is 1540. The number of carbonyl (C=O) groups excluding carboxylic acids is 3. The van der Waals surface area contributed by atoms with E-state index in [0.717, 1.165) is 11.0 Å². The Balaban J connectivity index is 1.89. The number of thiocarbonyl (C=S) groups is 1. The minimum absolute atomic E-state index is 0.0809. The molecule has 0 saturated carbocycles. The maximum atomic E-state index is 13.3. The Morgan fingerprint density at radius 3 is 2.10 bits per heavy atom. The molecule has 1 aromatic carbocycles. The number of carbonyl (C=O) groups is 4. The second kappa shape index (κ2) is 12.5. The van der Waals surface area contributed by atoms with Crippen LogP contribution >= 0.6 is 35.6 Å². The van der Waals surface area contributed by atoms with E-state index < -0.39 is 88.5 Å². The van der Waals surface area contributed by atoms with Crippen LogP contribution in [0.5, 0.6) is 0 Å². The molecule has 2 heterocycles. The van der Waals surface area contributed by atoms with Gasteiger partial charge in [0.1, 0.15) is 22.4 Å². The van der Waals surface area contributed by atoms with Gasteiger partial charge in [0.05, 0.1) is 28.3 Å². The van der Waals surface area contributed by atoms with Crippen LogP contribution in [0.1, 0.15) is 16.8 Å². The van der Waals surface area contributed by atoms with Crippen LogP contribution in [-0.4, -0.2) is 62.6 Å². The number of rotatable bonds is 8. The molecule has 10 nitrogen and oxygen atoms in total. The molecule has 3 amide bonds. The van der Waals surface area contributed by atoms with E-state index in [2.05, 4.69) is 10.3 Å². The maximum Gasteiger partial charge on any atom is 0.416 e. The third-order valence-corrected chi connectivity index (χ3v) is 7.00. The molecule has 2 aromatic rings. The lowest BCUT2D eigenvalue weighted by atomic mass is 10.0. The van der Waals surface area contributed by atoms with Crippen LogP contribution in [0, 0.1) is 0 Å². The van der Waals surface area contributed by atoms with Gasteiger partial charge < -0.3 is 20.7 Å². The molecule has 1 aliphatic rings. The van der Waals surface area contributed by atoms with E-state index in [9.17, 15) is 50.3 Å². The number of H-pyrrole nitrogens is 1. The van der Waals surface area contributed by atoms with Crippen molar-refractivity contribution >= 4 is 69.7 Å². The molecule has 0 atom stereocenters. The van der Waals surface area contributed by atoms with Gasteiger partial charge in [-0.25, -0.2) is 0 Å². The number of aromatic nitrogens is 1. The highest BCUT2D eigenvalue weighted by Crippen LogP contribution is 2.39. The first-order valence-electron chi connectivity index (χ1n) is 11.1. The molecule has 1 aliphatic heterocycles. The topological polar surface area (TPSA) is 149 Å². The van der Waals surface area contributed by atoms with Crippen molar-refractivity contribution in [3.05, 3.63) is 61.2 Å². The van der Waals surface area contributed by atoms with Crippen LogP contribution < -0.4 is 16.1 Å². The average molecular weight is 657 g/mol. The van der Waals surface area contributed by atoms with Crippen LogP contribution in [0.3, 0.4) is 0 Å². The number of hydrogen-bond donors (Lipinski definition) is 4. The van der Waals surface area contributed by atoms with E-state index in [1.165, 1.54) is 0 Å². The number of carboxylic acids is 1. The summed E-state index contributed by atoms with van der Waals surface area (Å²) in [4.78, 5) is 62.6. The van der Waals surface area contributed by atoms with Crippen LogP contribution in [0.4, 0.5) is 26.3 Å². The molecule has 224 valence electrons. The Morgan fingerprint density at radius 2 is 1.55 bits per heavy atom. The van der Waals surface area contributed by atoms with Gasteiger partial charge in [0, 0.05) is 11.8 Å². The number of nitrogens with zero attached hydrogens (tertiary/aromatic N) is 1. The quantitative estimate of drug-likeness (QED) is 0.192. The first kappa shape index (κ1) is 32.6. The van der Waals surface area contributed by atoms with Crippen LogP contribution in [0.2, 0.25) is 5.02 Å². The smallest absolute Gasteiger partial charge is 0.416 e. The van der Waals surface area contributed by atoms with Crippen molar-refractivity contribution in [2.45, 2.75) is 12.4 Å². The van der Waals surface area contributed by atoms with Gasteiger partial charge in [0.25, 0.3) is 5.91 Å². The monoisotopic (exact) mass is 656 g/mol. The van der Waals surface area contributed by atoms with Gasteiger partial charge in [0.2, 0.25) is 17.2 Å². The zero-order chi connectivity index (χ0) is 31.6. The molecule has 0 bridgehead atoms. The zero-order valence-corrected chi connectivity index (χ0v) is 22.8. The first-order chi connectivity index (χ1) is 19.4. The number of nitrogens with one attached hydrogen (secondary N) is 3. The zero-order valence-electron chi connectivity index (χ0n) is 20.4. The molecule has 0 spiro atoms. The van der Waals surface area contributed by atoms with Gasteiger partial charge in [0.15, 0.2) is 0 Å². The van der Waals surface area contributed by atoms with Gasteiger partial charge in [-0.15, -0.1) is 0 Å². The first-order valence-corrected chi connectivity index (χ1v) is 12.7. The molecule has 1 aromatic heterocycles. The van der Waals surface area contributed by atoms with E-state index in [4.69, 9.17) is 28.9 Å². The molecule has 0 unspecified atom stereocenters. The summed E-state index contributed by atoms with van der Waals surface area (Å²) in [5.41, 5.74) is -5.68. The summed E-state index contributed by atoms with van der Waals surface area (Å²) in [6, 6.07) is 1.41. The number of thioether (sulfide) groups is 1. The predicted molar refractivity (Wildman–Crippen MR) is 141 cm³/mol. The average Bonchev–Trinajstić information content (AvgIpc) is 3.14. The van der Waals surface area contributed by atoms with E-state index in [1.807, 2.05) is 5.32 Å². The predicted octanol–water partition coefficient (Wildman–Crippen LogP) is 3.25. The number of carboxylic acid groups (broad SMARTS) is 1. The van der Waals surface area contributed by atoms with E-state index >= 15 is 0 Å². The summed E-state index contributed by atoms with van der Waals surface area (Å²) < 4.78 is 79.7. The second-order valence-corrected chi connectivity index (χ2v) is 10.3. The lowest BCUT2D eigenvalue weighted by molar-refractivity contribution is -0.143. The van der Waals surface area contributed by atoms with Crippen LogP contribution in [0.15, 0.2) is 34.0 Å². The van der Waals surface area contributed by atoms with Crippen molar-refractivity contribution in [2.75, 3.05) is 19.6 Å². The summed E-state index contributed by atoms with van der Waals surface area (Å²) in [6.07, 6.45) is -9.30. The maximum absolute atomic E-state index is 13.3. The standard InChI is InChI=1S/C23H15ClF6N4O6S2/c24-19-13(5-15-20(40)34(21(41)42-15)8-17(37)31-6-16(36)32-7-18(38)39)33-12(4-14(19)35)9-1-10(22(25,26)27)3-11(2-9)23(28,29)30/h1-5H,6-8H2,(H,31,37)(H,32,36)(H,33,35)(H,38,39). The summed E-state index contributed by atoms with van der Waals surface area (Å²) in [7, 11) is 0. The van der Waals surface area contributed by atoms with Crippen molar-refractivity contribution in [3.63, 3.8) is 0 Å². The van der Waals surface area contributed by atoms with Gasteiger partial charge in [-0.05, 0) is 29.8 Å². The Hall–Kier alpha value is -3.90. The molecule has 1 saturated heterocycles. The molecular weight excluding hydrogens is 642 g/mol. The molecule has 42 heavy (non-hydrogen) atoms. The van der Waals surface area contributed by atoms with Crippen LogP contribution in [0.25, 0.3) is 17.3 Å². The molecule has 19 heteroatoms. The summed E-state index contributed by atoms with van der Waals surface area (Å²) >= 11 is 11.7. The van der Waals surface area contributed by atoms with Crippen LogP contribution in [-0.2, 0) is 31.5 Å². The van der Waals surface area contributed by atoms with E-state index in [0.29, 0.717) is 30.0 Å². The lowest BCUT2D eigenvalue weighted by Crippen LogP contribution is -2.44. The van der Waals surface area contributed by atoms with Gasteiger partial charge in [-0.2, -0.15) is 26.3 Å². The number of pyridine rings is 1. The number of aromatic amines is 1. The number of benzene rings is 1.